The van der Waals surface area contributed by atoms with E-state index in [2.05, 4.69) is 61.9 Å². The van der Waals surface area contributed by atoms with E-state index in [-0.39, 0.29) is 11.7 Å². The van der Waals surface area contributed by atoms with E-state index in [1.165, 1.54) is 21.1 Å². The van der Waals surface area contributed by atoms with Crippen LogP contribution in [0.1, 0.15) is 85.1 Å². The summed E-state index contributed by atoms with van der Waals surface area (Å²) in [6, 6.07) is 13.1. The lowest BCUT2D eigenvalue weighted by atomic mass is 9.91. The minimum absolute atomic E-state index is 0.0705. The summed E-state index contributed by atoms with van der Waals surface area (Å²) in [4.78, 5) is 43.5. The Balaban J connectivity index is 1.19. The normalized spacial score (nSPS) is 15.5. The third-order valence-electron chi connectivity index (χ3n) is 9.08. The fourth-order valence-corrected chi connectivity index (χ4v) is 8.28. The third kappa shape index (κ3) is 6.15. The van der Waals surface area contributed by atoms with Gasteiger partial charge in [0, 0.05) is 73.0 Å². The van der Waals surface area contributed by atoms with Gasteiger partial charge in [0.1, 0.15) is 0 Å². The van der Waals surface area contributed by atoms with Crippen LogP contribution in [0.25, 0.3) is 11.1 Å². The van der Waals surface area contributed by atoms with Crippen molar-refractivity contribution in [2.24, 2.45) is 0 Å². The molecule has 44 heavy (non-hydrogen) atoms. The molecule has 4 heterocycles. The van der Waals surface area contributed by atoms with Crippen LogP contribution in [0.2, 0.25) is 0 Å². The van der Waals surface area contributed by atoms with E-state index in [1.807, 2.05) is 31.2 Å². The Morgan fingerprint density at radius 2 is 1.34 bits per heavy atom. The molecule has 4 aromatic rings. The van der Waals surface area contributed by atoms with E-state index in [0.717, 1.165) is 83.9 Å². The molecular weight excluding hydrogens is 587 g/mol. The number of rotatable bonds is 8. The maximum absolute atomic E-state index is 13.4. The molecule has 0 saturated heterocycles. The first kappa shape index (κ1) is 30.8. The number of Topliss-reactive ketones (excluding diaryl/α,β-unsaturated/α-hetero) is 1. The predicted octanol–water partition coefficient (Wildman–Crippen LogP) is 7.09. The SMILES string of the molecule is Cc1c(CC(=O)c2nc3c(s2)CN(C(C)C)CC3)cccc1-c1cccc(NC(=O)c2nc3c(s2)CN(C(C)C)CC3)c1C. The van der Waals surface area contributed by atoms with Gasteiger partial charge in [0.2, 0.25) is 0 Å². The molecule has 0 unspecified atom stereocenters. The monoisotopic (exact) mass is 627 g/mol. The lowest BCUT2D eigenvalue weighted by Crippen LogP contribution is -2.35. The second-order valence-corrected chi connectivity index (χ2v) is 14.7. The molecule has 230 valence electrons. The maximum Gasteiger partial charge on any atom is 0.284 e. The third-order valence-corrected chi connectivity index (χ3v) is 11.3. The lowest BCUT2D eigenvalue weighted by molar-refractivity contribution is 0.0990. The molecule has 2 aliphatic rings. The first-order valence-corrected chi connectivity index (χ1v) is 17.2. The zero-order valence-electron chi connectivity index (χ0n) is 26.5. The van der Waals surface area contributed by atoms with E-state index >= 15 is 0 Å². The number of ketones is 1. The largest absolute Gasteiger partial charge is 0.320 e. The van der Waals surface area contributed by atoms with Crippen molar-refractivity contribution in [1.29, 1.82) is 0 Å². The summed E-state index contributed by atoms with van der Waals surface area (Å²) in [7, 11) is 0. The summed E-state index contributed by atoms with van der Waals surface area (Å²) in [5, 5.41) is 4.27. The van der Waals surface area contributed by atoms with Crippen molar-refractivity contribution >= 4 is 40.1 Å². The number of fused-ring (bicyclic) bond motifs is 2. The quantitative estimate of drug-likeness (QED) is 0.210. The Morgan fingerprint density at radius 3 is 1.95 bits per heavy atom. The highest BCUT2D eigenvalue weighted by atomic mass is 32.1. The van der Waals surface area contributed by atoms with Gasteiger partial charge in [0.15, 0.2) is 15.8 Å². The second-order valence-electron chi connectivity index (χ2n) is 12.5. The van der Waals surface area contributed by atoms with Crippen molar-refractivity contribution in [2.45, 2.75) is 86.0 Å². The topological polar surface area (TPSA) is 78.4 Å². The zero-order chi connectivity index (χ0) is 31.1. The van der Waals surface area contributed by atoms with Crippen molar-refractivity contribution < 1.29 is 9.59 Å². The van der Waals surface area contributed by atoms with E-state index in [4.69, 9.17) is 9.97 Å². The van der Waals surface area contributed by atoms with Gasteiger partial charge in [-0.15, -0.1) is 22.7 Å². The van der Waals surface area contributed by atoms with E-state index in [9.17, 15) is 9.59 Å². The number of carbonyl (C=O) groups excluding carboxylic acids is 2. The molecule has 0 atom stereocenters. The van der Waals surface area contributed by atoms with Crippen molar-refractivity contribution in [3.05, 3.63) is 84.2 Å². The molecule has 7 nitrogen and oxygen atoms in total. The number of hydrogen-bond acceptors (Lipinski definition) is 8. The number of nitrogens with zero attached hydrogens (tertiary/aromatic N) is 4. The van der Waals surface area contributed by atoms with Crippen molar-refractivity contribution in [3.8, 4) is 11.1 Å². The molecule has 1 N–H and O–H groups in total. The van der Waals surface area contributed by atoms with Crippen molar-refractivity contribution in [3.63, 3.8) is 0 Å². The molecule has 9 heteroatoms. The highest BCUT2D eigenvalue weighted by molar-refractivity contribution is 7.14. The number of hydrogen-bond donors (Lipinski definition) is 1. The first-order chi connectivity index (χ1) is 21.1. The van der Waals surface area contributed by atoms with Gasteiger partial charge in [-0.1, -0.05) is 30.3 Å². The van der Waals surface area contributed by atoms with E-state index < -0.39 is 0 Å². The molecule has 0 bridgehead atoms. The Kier molecular flexibility index (Phi) is 8.84. The average Bonchev–Trinajstić information content (AvgIpc) is 3.63. The Morgan fingerprint density at radius 1 is 0.795 bits per heavy atom. The second kappa shape index (κ2) is 12.6. The molecule has 0 aliphatic carbocycles. The van der Waals surface area contributed by atoms with Gasteiger partial charge in [0.25, 0.3) is 5.91 Å². The van der Waals surface area contributed by atoms with Gasteiger partial charge < -0.3 is 5.32 Å². The summed E-state index contributed by atoms with van der Waals surface area (Å²) in [6.45, 7) is 16.7. The molecule has 2 aliphatic heterocycles. The fourth-order valence-electron chi connectivity index (χ4n) is 6.18. The van der Waals surface area contributed by atoms with Crippen LogP contribution in [0.15, 0.2) is 36.4 Å². The Labute approximate surface area is 268 Å². The summed E-state index contributed by atoms with van der Waals surface area (Å²) < 4.78 is 0. The zero-order valence-corrected chi connectivity index (χ0v) is 28.1. The first-order valence-electron chi connectivity index (χ1n) is 15.6. The van der Waals surface area contributed by atoms with E-state index in [1.54, 1.807) is 11.3 Å². The summed E-state index contributed by atoms with van der Waals surface area (Å²) in [5.74, 6) is -0.0966. The number of nitrogens with one attached hydrogen (secondary N) is 1. The number of anilines is 1. The molecule has 2 aromatic carbocycles. The molecular formula is C35H41N5O2S2. The minimum atomic E-state index is -0.167. The van der Waals surface area contributed by atoms with Gasteiger partial charge in [0.05, 0.1) is 11.4 Å². The minimum Gasteiger partial charge on any atom is -0.320 e. The van der Waals surface area contributed by atoms with Crippen LogP contribution in [0.3, 0.4) is 0 Å². The summed E-state index contributed by atoms with van der Waals surface area (Å²) >= 11 is 3.06. The average molecular weight is 628 g/mol. The fraction of sp³-hybridized carbons (Fsp3) is 0.429. The van der Waals surface area contributed by atoms with Gasteiger partial charge in [-0.2, -0.15) is 0 Å². The Bertz CT molecular complexity index is 1590. The van der Waals surface area contributed by atoms with Gasteiger partial charge in [-0.3, -0.25) is 19.4 Å². The number of benzene rings is 2. The van der Waals surface area contributed by atoms with Crippen LogP contribution in [0, 0.1) is 13.8 Å². The highest BCUT2D eigenvalue weighted by Crippen LogP contribution is 2.34. The number of aromatic nitrogens is 2. The number of carbonyl (C=O) groups is 2. The molecule has 6 rings (SSSR count). The van der Waals surface area contributed by atoms with Gasteiger partial charge >= 0.3 is 0 Å². The molecule has 0 saturated carbocycles. The van der Waals surface area contributed by atoms with Crippen LogP contribution in [0.5, 0.6) is 0 Å². The van der Waals surface area contributed by atoms with Crippen LogP contribution >= 0.6 is 22.7 Å². The smallest absolute Gasteiger partial charge is 0.284 e. The predicted molar refractivity (Wildman–Crippen MR) is 180 cm³/mol. The summed E-state index contributed by atoms with van der Waals surface area (Å²) in [5.41, 5.74) is 8.08. The number of thiazole rings is 2. The van der Waals surface area contributed by atoms with Crippen molar-refractivity contribution in [2.75, 3.05) is 18.4 Å². The molecule has 1 amide bonds. The molecule has 0 fully saturated rings. The Hall–Kier alpha value is -3.24. The maximum atomic E-state index is 13.4. The standard InChI is InChI=1S/C35H41N5O2S2/c1-20(2)39-15-13-28-31(18-39)43-34(37-28)30(41)17-24-9-7-10-25(22(24)5)26-11-8-12-27(23(26)6)36-33(42)35-38-29-14-16-40(21(3)4)19-32(29)44-35/h7-12,20-21H,13-19H2,1-6H3,(H,36,42). The van der Waals surface area contributed by atoms with Crippen LogP contribution < -0.4 is 5.32 Å². The lowest BCUT2D eigenvalue weighted by Gasteiger charge is -2.29. The number of amides is 1. The molecule has 0 radical (unpaired) electrons. The van der Waals surface area contributed by atoms with Gasteiger partial charge in [-0.05, 0) is 75.4 Å². The molecule has 0 spiro atoms. The van der Waals surface area contributed by atoms with Crippen LogP contribution in [0.4, 0.5) is 5.69 Å². The van der Waals surface area contributed by atoms with Crippen LogP contribution in [-0.2, 0) is 32.4 Å². The van der Waals surface area contributed by atoms with Crippen LogP contribution in [-0.4, -0.2) is 56.6 Å². The van der Waals surface area contributed by atoms with E-state index in [0.29, 0.717) is 28.5 Å². The van der Waals surface area contributed by atoms with Gasteiger partial charge in [-0.25, -0.2) is 9.97 Å². The summed E-state index contributed by atoms with van der Waals surface area (Å²) in [6.07, 6.45) is 2.10. The van der Waals surface area contributed by atoms with Crippen molar-refractivity contribution in [1.82, 2.24) is 19.8 Å². The molecule has 2 aromatic heterocycles. The highest BCUT2D eigenvalue weighted by Gasteiger charge is 2.26.